The molecule has 77 valence electrons. The van der Waals surface area contributed by atoms with E-state index in [0.717, 1.165) is 11.1 Å². The summed E-state index contributed by atoms with van der Waals surface area (Å²) < 4.78 is 0. The van der Waals surface area contributed by atoms with Crippen LogP contribution < -0.4 is 0 Å². The van der Waals surface area contributed by atoms with Crippen LogP contribution in [0.5, 0.6) is 0 Å². The van der Waals surface area contributed by atoms with Crippen molar-refractivity contribution in [2.45, 2.75) is 20.8 Å². The van der Waals surface area contributed by atoms with Crippen LogP contribution in [0.15, 0.2) is 36.9 Å². The Kier molecular flexibility index (Phi) is 3.68. The van der Waals surface area contributed by atoms with Gasteiger partial charge in [-0.1, -0.05) is 43.5 Å². The highest BCUT2D eigenvalue weighted by atomic mass is 14.1. The Bertz CT molecular complexity index is 397. The van der Waals surface area contributed by atoms with Crippen LogP contribution in [0.4, 0.5) is 0 Å². The minimum Gasteiger partial charge on any atom is -0.0912 e. The summed E-state index contributed by atoms with van der Waals surface area (Å²) in [7, 11) is 0. The SMILES string of the molecule is [CH]=CC=CC(=C)c1cc(C)c(C)c(C)c1. The van der Waals surface area contributed by atoms with Crippen molar-refractivity contribution >= 4 is 5.57 Å². The van der Waals surface area contributed by atoms with Gasteiger partial charge >= 0.3 is 0 Å². The molecular formula is C15H17. The average Bonchev–Trinajstić information content (AvgIpc) is 2.21. The monoisotopic (exact) mass is 197 g/mol. The molecule has 0 aliphatic rings. The van der Waals surface area contributed by atoms with Crippen LogP contribution in [0.25, 0.3) is 5.57 Å². The van der Waals surface area contributed by atoms with Gasteiger partial charge in [-0.3, -0.25) is 0 Å². The van der Waals surface area contributed by atoms with Crippen molar-refractivity contribution in [3.63, 3.8) is 0 Å². The maximum absolute atomic E-state index is 5.29. The minimum absolute atomic E-state index is 0.989. The van der Waals surface area contributed by atoms with Crippen molar-refractivity contribution in [3.05, 3.63) is 65.8 Å². The molecule has 0 saturated carbocycles. The molecular weight excluding hydrogens is 180 g/mol. The lowest BCUT2D eigenvalue weighted by Gasteiger charge is -2.08. The number of benzene rings is 1. The molecule has 0 aliphatic carbocycles. The third-order valence-corrected chi connectivity index (χ3v) is 2.71. The maximum Gasteiger partial charge on any atom is -0.0185 e. The van der Waals surface area contributed by atoms with Crippen LogP contribution in [-0.2, 0) is 0 Å². The summed E-state index contributed by atoms with van der Waals surface area (Å²) in [4.78, 5) is 0. The minimum atomic E-state index is 0.989. The highest BCUT2D eigenvalue weighted by Crippen LogP contribution is 2.21. The second-order valence-corrected chi connectivity index (χ2v) is 3.81. The predicted molar refractivity (Wildman–Crippen MR) is 67.7 cm³/mol. The maximum atomic E-state index is 5.29. The van der Waals surface area contributed by atoms with Crippen molar-refractivity contribution < 1.29 is 0 Å². The number of hydrogen-bond donors (Lipinski definition) is 0. The van der Waals surface area contributed by atoms with E-state index in [1.807, 2.05) is 6.08 Å². The first-order chi connectivity index (χ1) is 7.06. The third-order valence-electron chi connectivity index (χ3n) is 2.71. The molecule has 0 unspecified atom stereocenters. The Morgan fingerprint density at radius 3 is 2.20 bits per heavy atom. The van der Waals surface area contributed by atoms with E-state index in [-0.39, 0.29) is 0 Å². The Morgan fingerprint density at radius 2 is 1.73 bits per heavy atom. The van der Waals surface area contributed by atoms with Gasteiger partial charge < -0.3 is 0 Å². The largest absolute Gasteiger partial charge is 0.0912 e. The van der Waals surface area contributed by atoms with E-state index in [2.05, 4.69) is 39.5 Å². The first-order valence-corrected chi connectivity index (χ1v) is 5.05. The topological polar surface area (TPSA) is 0 Å². The summed E-state index contributed by atoms with van der Waals surface area (Å²) in [6.45, 7) is 15.7. The first kappa shape index (κ1) is 11.5. The zero-order chi connectivity index (χ0) is 11.4. The van der Waals surface area contributed by atoms with Crippen molar-refractivity contribution in [1.29, 1.82) is 0 Å². The van der Waals surface area contributed by atoms with Crippen LogP contribution in [-0.4, -0.2) is 0 Å². The van der Waals surface area contributed by atoms with E-state index < -0.39 is 0 Å². The van der Waals surface area contributed by atoms with Gasteiger partial charge in [-0.15, -0.1) is 0 Å². The van der Waals surface area contributed by atoms with E-state index >= 15 is 0 Å². The van der Waals surface area contributed by atoms with Crippen molar-refractivity contribution in [2.75, 3.05) is 0 Å². The second-order valence-electron chi connectivity index (χ2n) is 3.81. The lowest BCUT2D eigenvalue weighted by atomic mass is 9.97. The van der Waals surface area contributed by atoms with Gasteiger partial charge in [0.25, 0.3) is 0 Å². The predicted octanol–water partition coefficient (Wildman–Crippen LogP) is 4.17. The molecule has 0 fully saturated rings. The lowest BCUT2D eigenvalue weighted by Crippen LogP contribution is -1.90. The van der Waals surface area contributed by atoms with E-state index in [0.29, 0.717) is 0 Å². The Balaban J connectivity index is 3.11. The van der Waals surface area contributed by atoms with Gasteiger partial charge in [-0.05, 0) is 48.6 Å². The Hall–Kier alpha value is -1.56. The molecule has 0 N–H and O–H groups in total. The summed E-state index contributed by atoms with van der Waals surface area (Å²) in [6.07, 6.45) is 5.23. The molecule has 0 aromatic heterocycles. The fraction of sp³-hybridized carbons (Fsp3) is 0.200. The fourth-order valence-corrected chi connectivity index (χ4v) is 1.49. The van der Waals surface area contributed by atoms with Crippen LogP contribution in [0.1, 0.15) is 22.3 Å². The van der Waals surface area contributed by atoms with Crippen LogP contribution in [0.3, 0.4) is 0 Å². The first-order valence-electron chi connectivity index (χ1n) is 5.05. The van der Waals surface area contributed by atoms with Gasteiger partial charge in [0.15, 0.2) is 0 Å². The lowest BCUT2D eigenvalue weighted by molar-refractivity contribution is 1.26. The van der Waals surface area contributed by atoms with E-state index in [4.69, 9.17) is 6.58 Å². The smallest absolute Gasteiger partial charge is 0.0185 e. The zero-order valence-corrected chi connectivity index (χ0v) is 9.67. The fourth-order valence-electron chi connectivity index (χ4n) is 1.49. The molecule has 1 radical (unpaired) electrons. The normalized spacial score (nSPS) is 10.6. The molecule has 0 amide bonds. The summed E-state index contributed by atoms with van der Waals surface area (Å²) in [5.74, 6) is 0. The van der Waals surface area contributed by atoms with Gasteiger partial charge in [0, 0.05) is 0 Å². The summed E-state index contributed by atoms with van der Waals surface area (Å²) in [5, 5.41) is 0. The zero-order valence-electron chi connectivity index (χ0n) is 9.67. The number of rotatable bonds is 3. The van der Waals surface area contributed by atoms with Crippen molar-refractivity contribution in [3.8, 4) is 0 Å². The number of hydrogen-bond acceptors (Lipinski definition) is 0. The number of allylic oxidation sites excluding steroid dienone is 4. The third kappa shape index (κ3) is 2.69. The van der Waals surface area contributed by atoms with Crippen LogP contribution in [0, 0.1) is 27.4 Å². The molecule has 0 heterocycles. The van der Waals surface area contributed by atoms with E-state index in [1.165, 1.54) is 22.8 Å². The molecule has 0 atom stereocenters. The molecule has 0 bridgehead atoms. The molecule has 0 spiro atoms. The van der Waals surface area contributed by atoms with Crippen LogP contribution in [0.2, 0.25) is 0 Å². The molecule has 0 heteroatoms. The summed E-state index contributed by atoms with van der Waals surface area (Å²) in [5.41, 5.74) is 6.10. The Morgan fingerprint density at radius 1 is 1.20 bits per heavy atom. The highest BCUT2D eigenvalue weighted by Gasteiger charge is 2.01. The molecule has 0 aliphatic heterocycles. The van der Waals surface area contributed by atoms with E-state index in [9.17, 15) is 0 Å². The van der Waals surface area contributed by atoms with Crippen molar-refractivity contribution in [2.24, 2.45) is 0 Å². The van der Waals surface area contributed by atoms with E-state index in [1.54, 1.807) is 6.08 Å². The van der Waals surface area contributed by atoms with Gasteiger partial charge in [0.05, 0.1) is 0 Å². The molecule has 0 saturated heterocycles. The molecule has 0 nitrogen and oxygen atoms in total. The highest BCUT2D eigenvalue weighted by molar-refractivity contribution is 5.73. The van der Waals surface area contributed by atoms with Crippen LogP contribution >= 0.6 is 0 Å². The Labute approximate surface area is 92.6 Å². The average molecular weight is 197 g/mol. The molecule has 1 aromatic carbocycles. The second kappa shape index (κ2) is 4.79. The van der Waals surface area contributed by atoms with Gasteiger partial charge in [0.2, 0.25) is 0 Å². The van der Waals surface area contributed by atoms with Gasteiger partial charge in [0.1, 0.15) is 0 Å². The molecule has 1 aromatic rings. The van der Waals surface area contributed by atoms with Gasteiger partial charge in [-0.2, -0.15) is 0 Å². The number of aryl methyl sites for hydroxylation is 2. The van der Waals surface area contributed by atoms with Gasteiger partial charge in [-0.25, -0.2) is 0 Å². The summed E-state index contributed by atoms with van der Waals surface area (Å²) in [6, 6.07) is 4.32. The quantitative estimate of drug-likeness (QED) is 0.638. The van der Waals surface area contributed by atoms with Crippen molar-refractivity contribution in [1.82, 2.24) is 0 Å². The standard InChI is InChI=1S/C15H17/c1-6-7-8-11(2)15-9-12(3)14(5)13(4)10-15/h1,6-10H,2H2,3-5H3. The summed E-state index contributed by atoms with van der Waals surface area (Å²) >= 11 is 0. The molecule has 15 heavy (non-hydrogen) atoms. The molecule has 1 rings (SSSR count).